The van der Waals surface area contributed by atoms with Gasteiger partial charge in [0.05, 0.1) is 0 Å². The number of aryl methyl sites for hydroxylation is 1. The molecule has 0 saturated carbocycles. The quantitative estimate of drug-likeness (QED) is 0.730. The summed E-state index contributed by atoms with van der Waals surface area (Å²) in [5.74, 6) is 0.902. The highest BCUT2D eigenvalue weighted by molar-refractivity contribution is 5.78. The van der Waals surface area contributed by atoms with E-state index in [-0.39, 0.29) is 0 Å². The van der Waals surface area contributed by atoms with Crippen LogP contribution in [0.1, 0.15) is 11.1 Å². The summed E-state index contributed by atoms with van der Waals surface area (Å²) in [6.45, 7) is 2.40. The van der Waals surface area contributed by atoms with Crippen molar-refractivity contribution in [3.05, 3.63) is 35.7 Å². The van der Waals surface area contributed by atoms with Crippen LogP contribution in [0.3, 0.4) is 0 Å². The first-order chi connectivity index (χ1) is 9.24. The molecule has 0 saturated heterocycles. The van der Waals surface area contributed by atoms with Crippen LogP contribution >= 0.6 is 0 Å². The van der Waals surface area contributed by atoms with E-state index < -0.39 is 0 Å². The number of aromatic amines is 1. The van der Waals surface area contributed by atoms with Gasteiger partial charge in [0.15, 0.2) is 11.3 Å². The van der Waals surface area contributed by atoms with Gasteiger partial charge in [-0.15, -0.1) is 5.10 Å². The standard InChI is InChI=1S/C12H12N6O/c1-7-2-3-14-5-8(7)6-19-9-4-10(13)15-12-11(9)16-18-17-12/h2-5H,6H2,1H3,(H3,13,15,16,17,18). The van der Waals surface area contributed by atoms with Crippen molar-refractivity contribution in [2.24, 2.45) is 0 Å². The summed E-state index contributed by atoms with van der Waals surface area (Å²) >= 11 is 0. The summed E-state index contributed by atoms with van der Waals surface area (Å²) in [5, 5.41) is 10.4. The van der Waals surface area contributed by atoms with E-state index in [1.165, 1.54) is 0 Å². The lowest BCUT2D eigenvalue weighted by Gasteiger charge is -2.08. The van der Waals surface area contributed by atoms with Crippen molar-refractivity contribution in [3.63, 3.8) is 0 Å². The second kappa shape index (κ2) is 4.52. The first-order valence-electron chi connectivity index (χ1n) is 5.73. The Bertz CT molecular complexity index is 723. The number of hydrogen-bond acceptors (Lipinski definition) is 6. The van der Waals surface area contributed by atoms with Crippen LogP contribution in [-0.4, -0.2) is 25.4 Å². The van der Waals surface area contributed by atoms with E-state index in [9.17, 15) is 0 Å². The average molecular weight is 256 g/mol. The summed E-state index contributed by atoms with van der Waals surface area (Å²) in [7, 11) is 0. The van der Waals surface area contributed by atoms with Crippen molar-refractivity contribution in [2.75, 3.05) is 5.73 Å². The molecule has 96 valence electrons. The molecule has 0 amide bonds. The number of hydrogen-bond donors (Lipinski definition) is 2. The molecule has 3 heterocycles. The predicted octanol–water partition coefficient (Wildman–Crippen LogP) is 1.22. The molecule has 0 radical (unpaired) electrons. The van der Waals surface area contributed by atoms with E-state index in [1.54, 1.807) is 18.5 Å². The lowest BCUT2D eigenvalue weighted by atomic mass is 10.2. The van der Waals surface area contributed by atoms with Gasteiger partial charge in [0.2, 0.25) is 5.65 Å². The van der Waals surface area contributed by atoms with Crippen LogP contribution in [-0.2, 0) is 6.61 Å². The molecule has 0 bridgehead atoms. The lowest BCUT2D eigenvalue weighted by Crippen LogP contribution is -2.00. The Morgan fingerprint density at radius 2 is 2.26 bits per heavy atom. The average Bonchev–Trinajstić information content (AvgIpc) is 2.85. The van der Waals surface area contributed by atoms with Gasteiger partial charge >= 0.3 is 0 Å². The third-order valence-corrected chi connectivity index (χ3v) is 2.81. The summed E-state index contributed by atoms with van der Waals surface area (Å²) in [4.78, 5) is 8.13. The molecule has 19 heavy (non-hydrogen) atoms. The van der Waals surface area contributed by atoms with Crippen molar-refractivity contribution >= 4 is 17.0 Å². The van der Waals surface area contributed by atoms with E-state index in [4.69, 9.17) is 10.5 Å². The molecule has 0 aliphatic carbocycles. The zero-order valence-corrected chi connectivity index (χ0v) is 10.3. The van der Waals surface area contributed by atoms with Gasteiger partial charge in [-0.05, 0) is 18.6 Å². The van der Waals surface area contributed by atoms with E-state index in [0.717, 1.165) is 11.1 Å². The Labute approximate surface area is 108 Å². The molecule has 0 aromatic carbocycles. The van der Waals surface area contributed by atoms with Crippen LogP contribution in [0.25, 0.3) is 11.2 Å². The number of anilines is 1. The van der Waals surface area contributed by atoms with Gasteiger partial charge in [0.1, 0.15) is 12.4 Å². The minimum atomic E-state index is 0.347. The molecule has 0 fully saturated rings. The van der Waals surface area contributed by atoms with Crippen LogP contribution in [0.2, 0.25) is 0 Å². The Hall–Kier alpha value is -2.70. The fraction of sp³-hybridized carbons (Fsp3) is 0.167. The molecule has 0 unspecified atom stereocenters. The van der Waals surface area contributed by atoms with Crippen molar-refractivity contribution in [1.82, 2.24) is 25.4 Å². The second-order valence-electron chi connectivity index (χ2n) is 4.13. The monoisotopic (exact) mass is 256 g/mol. The van der Waals surface area contributed by atoms with Crippen molar-refractivity contribution < 1.29 is 4.74 Å². The van der Waals surface area contributed by atoms with E-state index in [2.05, 4.69) is 25.4 Å². The van der Waals surface area contributed by atoms with Gasteiger partial charge in [-0.1, -0.05) is 0 Å². The first kappa shape index (κ1) is 11.4. The van der Waals surface area contributed by atoms with Crippen LogP contribution < -0.4 is 10.5 Å². The van der Waals surface area contributed by atoms with Gasteiger partial charge in [0.25, 0.3) is 0 Å². The Morgan fingerprint density at radius 3 is 3.11 bits per heavy atom. The van der Waals surface area contributed by atoms with Crippen LogP contribution in [0, 0.1) is 6.92 Å². The van der Waals surface area contributed by atoms with Gasteiger partial charge < -0.3 is 10.5 Å². The molecule has 0 spiro atoms. The number of nitrogens with one attached hydrogen (secondary N) is 1. The number of pyridine rings is 2. The summed E-state index contributed by atoms with van der Waals surface area (Å²) in [6, 6.07) is 3.57. The zero-order chi connectivity index (χ0) is 13.2. The molecule has 3 aromatic rings. The number of ether oxygens (including phenoxy) is 1. The van der Waals surface area contributed by atoms with Crippen molar-refractivity contribution in [1.29, 1.82) is 0 Å². The molecule has 0 atom stereocenters. The summed E-state index contributed by atoms with van der Waals surface area (Å²) in [6.07, 6.45) is 3.53. The fourth-order valence-corrected chi connectivity index (χ4v) is 1.74. The first-order valence-corrected chi connectivity index (χ1v) is 5.73. The van der Waals surface area contributed by atoms with Crippen molar-refractivity contribution in [3.8, 4) is 5.75 Å². The second-order valence-corrected chi connectivity index (χ2v) is 4.13. The van der Waals surface area contributed by atoms with Gasteiger partial charge in [0, 0.05) is 24.0 Å². The van der Waals surface area contributed by atoms with E-state index >= 15 is 0 Å². The number of fused-ring (bicyclic) bond motifs is 1. The number of rotatable bonds is 3. The lowest BCUT2D eigenvalue weighted by molar-refractivity contribution is 0.308. The highest BCUT2D eigenvalue weighted by Crippen LogP contribution is 2.24. The molecule has 0 aliphatic rings. The van der Waals surface area contributed by atoms with Gasteiger partial charge in [-0.25, -0.2) is 4.98 Å². The molecule has 3 rings (SSSR count). The Morgan fingerprint density at radius 1 is 1.37 bits per heavy atom. The SMILES string of the molecule is Cc1ccncc1COc1cc(N)nc2n[nH]nc12. The van der Waals surface area contributed by atoms with Gasteiger partial charge in [-0.2, -0.15) is 10.3 Å². The number of H-pyrrole nitrogens is 1. The highest BCUT2D eigenvalue weighted by atomic mass is 16.5. The van der Waals surface area contributed by atoms with Crippen LogP contribution in [0.15, 0.2) is 24.5 Å². The highest BCUT2D eigenvalue weighted by Gasteiger charge is 2.10. The van der Waals surface area contributed by atoms with Gasteiger partial charge in [-0.3, -0.25) is 4.98 Å². The molecule has 3 aromatic heterocycles. The minimum Gasteiger partial charge on any atom is -0.486 e. The maximum absolute atomic E-state index is 5.74. The maximum atomic E-state index is 5.74. The molecule has 0 aliphatic heterocycles. The molecular weight excluding hydrogens is 244 g/mol. The Balaban J connectivity index is 1.90. The van der Waals surface area contributed by atoms with E-state index in [1.807, 2.05) is 13.0 Å². The smallest absolute Gasteiger partial charge is 0.207 e. The van der Waals surface area contributed by atoms with Crippen molar-refractivity contribution in [2.45, 2.75) is 13.5 Å². The molecule has 7 heteroatoms. The normalized spacial score (nSPS) is 10.8. The predicted molar refractivity (Wildman–Crippen MR) is 69.4 cm³/mol. The van der Waals surface area contributed by atoms with Crippen LogP contribution in [0.4, 0.5) is 5.82 Å². The third-order valence-electron chi connectivity index (χ3n) is 2.81. The molecule has 7 nitrogen and oxygen atoms in total. The zero-order valence-electron chi connectivity index (χ0n) is 10.3. The summed E-state index contributed by atoms with van der Waals surface area (Å²) < 4.78 is 5.74. The largest absolute Gasteiger partial charge is 0.486 e. The number of aromatic nitrogens is 5. The topological polar surface area (TPSA) is 103 Å². The number of nitrogen functional groups attached to an aromatic ring is 1. The fourth-order valence-electron chi connectivity index (χ4n) is 1.74. The number of nitrogens with two attached hydrogens (primary N) is 1. The summed E-state index contributed by atoms with van der Waals surface area (Å²) in [5.41, 5.74) is 8.83. The third kappa shape index (κ3) is 2.17. The minimum absolute atomic E-state index is 0.347. The Kier molecular flexibility index (Phi) is 2.71. The molecule has 3 N–H and O–H groups in total. The maximum Gasteiger partial charge on any atom is 0.207 e. The van der Waals surface area contributed by atoms with Crippen LogP contribution in [0.5, 0.6) is 5.75 Å². The van der Waals surface area contributed by atoms with E-state index in [0.29, 0.717) is 29.3 Å². The molecular formula is C12H12N6O. The number of nitrogens with zero attached hydrogens (tertiary/aromatic N) is 4.